The van der Waals surface area contributed by atoms with E-state index in [0.29, 0.717) is 17.3 Å². The van der Waals surface area contributed by atoms with Gasteiger partial charge in [-0.05, 0) is 30.4 Å². The van der Waals surface area contributed by atoms with Crippen LogP contribution < -0.4 is 5.73 Å². The van der Waals surface area contributed by atoms with Gasteiger partial charge in [0.05, 0.1) is 6.54 Å². The number of aromatic nitrogens is 2. The lowest BCUT2D eigenvalue weighted by molar-refractivity contribution is 0.380. The van der Waals surface area contributed by atoms with Gasteiger partial charge in [0.15, 0.2) is 0 Å². The van der Waals surface area contributed by atoms with E-state index in [4.69, 9.17) is 10.3 Å². The van der Waals surface area contributed by atoms with E-state index in [9.17, 15) is 4.39 Å². The molecule has 0 saturated heterocycles. The van der Waals surface area contributed by atoms with Crippen molar-refractivity contribution >= 4 is 0 Å². The number of hydrogen-bond acceptors (Lipinski definition) is 4. The first kappa shape index (κ1) is 13.7. The van der Waals surface area contributed by atoms with Gasteiger partial charge in [-0.25, -0.2) is 4.39 Å². The van der Waals surface area contributed by atoms with Crippen molar-refractivity contribution in [1.29, 1.82) is 0 Å². The minimum Gasteiger partial charge on any atom is -0.338 e. The average Bonchev–Trinajstić information content (AvgIpc) is 2.90. The SMILES string of the molecule is CCC(CC)c1ccc(-c2noc(CN)n2)cc1F. The maximum absolute atomic E-state index is 14.1. The topological polar surface area (TPSA) is 64.9 Å². The molecular formula is C14H18FN3O. The average molecular weight is 263 g/mol. The summed E-state index contributed by atoms with van der Waals surface area (Å²) < 4.78 is 19.1. The van der Waals surface area contributed by atoms with Gasteiger partial charge in [0.2, 0.25) is 11.7 Å². The van der Waals surface area contributed by atoms with Gasteiger partial charge in [0.1, 0.15) is 5.82 Å². The molecule has 102 valence electrons. The van der Waals surface area contributed by atoms with E-state index < -0.39 is 0 Å². The quantitative estimate of drug-likeness (QED) is 0.899. The fourth-order valence-corrected chi connectivity index (χ4v) is 2.18. The van der Waals surface area contributed by atoms with E-state index >= 15 is 0 Å². The van der Waals surface area contributed by atoms with E-state index in [1.54, 1.807) is 6.07 Å². The van der Waals surface area contributed by atoms with Crippen LogP contribution in [0.5, 0.6) is 0 Å². The number of nitrogens with two attached hydrogens (primary N) is 1. The lowest BCUT2D eigenvalue weighted by Gasteiger charge is -2.13. The monoisotopic (exact) mass is 263 g/mol. The Morgan fingerprint density at radius 3 is 2.58 bits per heavy atom. The van der Waals surface area contributed by atoms with Crippen molar-refractivity contribution in [1.82, 2.24) is 10.1 Å². The van der Waals surface area contributed by atoms with Crippen LogP contribution in [0.2, 0.25) is 0 Å². The fourth-order valence-electron chi connectivity index (χ4n) is 2.18. The molecule has 0 spiro atoms. The second-order valence-corrected chi connectivity index (χ2v) is 4.47. The van der Waals surface area contributed by atoms with Crippen molar-refractivity contribution in [3.05, 3.63) is 35.5 Å². The molecule has 2 aromatic rings. The van der Waals surface area contributed by atoms with Gasteiger partial charge in [-0.2, -0.15) is 4.98 Å². The summed E-state index contributed by atoms with van der Waals surface area (Å²) in [7, 11) is 0. The lowest BCUT2D eigenvalue weighted by atomic mass is 9.92. The molecule has 5 heteroatoms. The number of nitrogens with zero attached hydrogens (tertiary/aromatic N) is 2. The first-order valence-corrected chi connectivity index (χ1v) is 6.52. The molecule has 4 nitrogen and oxygen atoms in total. The third-order valence-corrected chi connectivity index (χ3v) is 3.33. The molecule has 0 amide bonds. The van der Waals surface area contributed by atoms with E-state index in [0.717, 1.165) is 18.4 Å². The molecule has 0 aliphatic heterocycles. The van der Waals surface area contributed by atoms with Crippen LogP contribution in [0.25, 0.3) is 11.4 Å². The predicted octanol–water partition coefficient (Wildman–Crippen LogP) is 3.24. The zero-order valence-electron chi connectivity index (χ0n) is 11.2. The van der Waals surface area contributed by atoms with Crippen LogP contribution in [0, 0.1) is 5.82 Å². The van der Waals surface area contributed by atoms with E-state index in [2.05, 4.69) is 24.0 Å². The summed E-state index contributed by atoms with van der Waals surface area (Å²) in [6.45, 7) is 4.31. The van der Waals surface area contributed by atoms with Gasteiger partial charge in [-0.3, -0.25) is 0 Å². The number of rotatable bonds is 5. The summed E-state index contributed by atoms with van der Waals surface area (Å²) in [4.78, 5) is 4.09. The summed E-state index contributed by atoms with van der Waals surface area (Å²) >= 11 is 0. The number of halogens is 1. The highest BCUT2D eigenvalue weighted by atomic mass is 19.1. The molecule has 19 heavy (non-hydrogen) atoms. The summed E-state index contributed by atoms with van der Waals surface area (Å²) in [6.07, 6.45) is 1.85. The van der Waals surface area contributed by atoms with E-state index in [-0.39, 0.29) is 18.3 Å². The summed E-state index contributed by atoms with van der Waals surface area (Å²) in [5, 5.41) is 3.78. The van der Waals surface area contributed by atoms with Crippen molar-refractivity contribution in [2.75, 3.05) is 0 Å². The molecule has 0 radical (unpaired) electrons. The van der Waals surface area contributed by atoms with E-state index in [1.807, 2.05) is 6.07 Å². The van der Waals surface area contributed by atoms with Crippen LogP contribution >= 0.6 is 0 Å². The van der Waals surface area contributed by atoms with Crippen molar-refractivity contribution in [3.63, 3.8) is 0 Å². The third-order valence-electron chi connectivity index (χ3n) is 3.33. The minimum atomic E-state index is -0.217. The van der Waals surface area contributed by atoms with Crippen molar-refractivity contribution in [2.45, 2.75) is 39.2 Å². The highest BCUT2D eigenvalue weighted by Gasteiger charge is 2.15. The molecule has 1 heterocycles. The molecule has 0 fully saturated rings. The summed E-state index contributed by atoms with van der Waals surface area (Å²) in [5.74, 6) is 0.749. The minimum absolute atomic E-state index is 0.182. The van der Waals surface area contributed by atoms with Crippen molar-refractivity contribution in [2.24, 2.45) is 5.73 Å². The number of hydrogen-bond donors (Lipinski definition) is 1. The van der Waals surface area contributed by atoms with E-state index in [1.165, 1.54) is 6.07 Å². The van der Waals surface area contributed by atoms with Gasteiger partial charge >= 0.3 is 0 Å². The van der Waals surface area contributed by atoms with Gasteiger partial charge in [-0.1, -0.05) is 31.1 Å². The molecule has 2 rings (SSSR count). The Balaban J connectivity index is 2.32. The predicted molar refractivity (Wildman–Crippen MR) is 70.9 cm³/mol. The summed E-state index contributed by atoms with van der Waals surface area (Å²) in [5.41, 5.74) is 6.75. The van der Waals surface area contributed by atoms with Crippen LogP contribution in [-0.2, 0) is 6.54 Å². The molecule has 2 N–H and O–H groups in total. The van der Waals surface area contributed by atoms with Crippen LogP contribution in [0.15, 0.2) is 22.7 Å². The van der Waals surface area contributed by atoms with Crippen molar-refractivity contribution < 1.29 is 8.91 Å². The first-order valence-electron chi connectivity index (χ1n) is 6.52. The van der Waals surface area contributed by atoms with Crippen LogP contribution in [0.1, 0.15) is 44.1 Å². The van der Waals surface area contributed by atoms with Crippen LogP contribution in [0.3, 0.4) is 0 Å². The Kier molecular flexibility index (Phi) is 4.27. The Labute approximate surface area is 111 Å². The zero-order valence-corrected chi connectivity index (χ0v) is 11.2. The van der Waals surface area contributed by atoms with Gasteiger partial charge in [-0.15, -0.1) is 0 Å². The Bertz CT molecular complexity index is 549. The fraction of sp³-hybridized carbons (Fsp3) is 0.429. The molecule has 0 atom stereocenters. The Morgan fingerprint density at radius 1 is 1.32 bits per heavy atom. The highest BCUT2D eigenvalue weighted by molar-refractivity contribution is 5.55. The second kappa shape index (κ2) is 5.93. The molecule has 0 unspecified atom stereocenters. The molecule has 0 bridgehead atoms. The maximum Gasteiger partial charge on any atom is 0.240 e. The molecule has 0 aliphatic carbocycles. The van der Waals surface area contributed by atoms with Gasteiger partial charge in [0.25, 0.3) is 0 Å². The zero-order chi connectivity index (χ0) is 13.8. The molecule has 1 aromatic heterocycles. The Morgan fingerprint density at radius 2 is 2.05 bits per heavy atom. The molecular weight excluding hydrogens is 245 g/mol. The third kappa shape index (κ3) is 2.81. The molecule has 0 saturated carbocycles. The van der Waals surface area contributed by atoms with Crippen LogP contribution in [-0.4, -0.2) is 10.1 Å². The lowest BCUT2D eigenvalue weighted by Crippen LogP contribution is -2.00. The first-order chi connectivity index (χ1) is 9.19. The maximum atomic E-state index is 14.1. The molecule has 1 aromatic carbocycles. The summed E-state index contributed by atoms with van der Waals surface area (Å²) in [6, 6.07) is 5.08. The van der Waals surface area contributed by atoms with Gasteiger partial charge < -0.3 is 10.3 Å². The molecule has 0 aliphatic rings. The van der Waals surface area contributed by atoms with Crippen LogP contribution in [0.4, 0.5) is 4.39 Å². The largest absolute Gasteiger partial charge is 0.338 e. The van der Waals surface area contributed by atoms with Crippen molar-refractivity contribution in [3.8, 4) is 11.4 Å². The standard InChI is InChI=1S/C14H18FN3O/c1-3-9(4-2)11-6-5-10(7-12(11)15)14-17-13(8-16)19-18-14/h5-7,9H,3-4,8,16H2,1-2H3. The Hall–Kier alpha value is -1.75. The number of benzene rings is 1. The normalized spacial score (nSPS) is 11.2. The highest BCUT2D eigenvalue weighted by Crippen LogP contribution is 2.28. The van der Waals surface area contributed by atoms with Gasteiger partial charge in [0, 0.05) is 5.56 Å². The second-order valence-electron chi connectivity index (χ2n) is 4.47. The smallest absolute Gasteiger partial charge is 0.240 e.